The highest BCUT2D eigenvalue weighted by Gasteiger charge is 2.20. The number of likely N-dealkylation sites (N-methyl/N-ethyl adjacent to an activating group) is 1. The van der Waals surface area contributed by atoms with Crippen molar-refractivity contribution < 1.29 is 16.4 Å². The number of H-pyrrole nitrogens is 1. The van der Waals surface area contributed by atoms with E-state index < -0.39 is 36.0 Å². The summed E-state index contributed by atoms with van der Waals surface area (Å²) in [6.45, 7) is 0. The average molecular weight is 221 g/mol. The number of para-hydroxylation sites is 1. The predicted octanol–water partition coefficient (Wildman–Crippen LogP) is 1.44. The number of hydrogen-bond donors (Lipinski definition) is 1. The van der Waals surface area contributed by atoms with Gasteiger partial charge in [-0.25, -0.2) is 0 Å². The van der Waals surface area contributed by atoms with Crippen LogP contribution in [0, 0.1) is 0 Å². The lowest BCUT2D eigenvalue weighted by Gasteiger charge is -2.07. The third-order valence-electron chi connectivity index (χ3n) is 2.08. The summed E-state index contributed by atoms with van der Waals surface area (Å²) < 4.78 is 38.6. The molecule has 0 saturated heterocycles. The maximum absolute atomic E-state index is 12.2. The van der Waals surface area contributed by atoms with Gasteiger partial charge >= 0.3 is 0 Å². The summed E-state index contributed by atoms with van der Waals surface area (Å²) in [7, 11) is 2.77. The van der Waals surface area contributed by atoms with Crippen molar-refractivity contribution in [3.05, 3.63) is 35.9 Å². The van der Waals surface area contributed by atoms with Gasteiger partial charge in [-0.15, -0.1) is 0 Å². The summed E-state index contributed by atoms with van der Waals surface area (Å²) >= 11 is 0. The van der Waals surface area contributed by atoms with E-state index in [9.17, 15) is 9.59 Å². The second-order valence-electron chi connectivity index (χ2n) is 3.40. The molecule has 82 valence electrons. The molecule has 16 heavy (non-hydrogen) atoms. The fourth-order valence-electron chi connectivity index (χ4n) is 1.26. The standard InChI is InChI=1S/C12H12N2O2/c1-14(2)12(16)11(15)9-7-13-10-6-4-3-5-8(9)10/h3-7,13H,1-2H3/i3D,4D,5D,6D,7D. The van der Waals surface area contributed by atoms with Crippen LogP contribution in [0.25, 0.3) is 10.9 Å². The maximum atomic E-state index is 12.2. The molecule has 1 aromatic carbocycles. The average Bonchev–Trinajstić information content (AvgIpc) is 2.78. The molecule has 0 spiro atoms. The largest absolute Gasteiger partial charge is 0.360 e. The molecule has 4 nitrogen and oxygen atoms in total. The Kier molecular flexibility index (Phi) is 1.39. The number of fused-ring (bicyclic) bond motifs is 1. The Labute approximate surface area is 99.9 Å². The molecule has 2 rings (SSSR count). The van der Waals surface area contributed by atoms with Gasteiger partial charge in [0.2, 0.25) is 0 Å². The van der Waals surface area contributed by atoms with Crippen molar-refractivity contribution in [1.29, 1.82) is 0 Å². The Morgan fingerprint density at radius 3 is 2.69 bits per heavy atom. The first-order valence-electron chi connectivity index (χ1n) is 7.03. The van der Waals surface area contributed by atoms with Gasteiger partial charge in [0.1, 0.15) is 0 Å². The van der Waals surface area contributed by atoms with Crippen LogP contribution in [0.3, 0.4) is 0 Å². The first kappa shape index (κ1) is 5.84. The van der Waals surface area contributed by atoms with E-state index in [2.05, 4.69) is 4.98 Å². The van der Waals surface area contributed by atoms with Gasteiger partial charge in [0.15, 0.2) is 0 Å². The van der Waals surface area contributed by atoms with Crippen LogP contribution in [-0.2, 0) is 4.79 Å². The van der Waals surface area contributed by atoms with Gasteiger partial charge in [-0.3, -0.25) is 9.59 Å². The third kappa shape index (κ3) is 1.58. The van der Waals surface area contributed by atoms with Crippen molar-refractivity contribution in [3.63, 3.8) is 0 Å². The van der Waals surface area contributed by atoms with Gasteiger partial charge in [0.05, 0.1) is 12.4 Å². The maximum Gasteiger partial charge on any atom is 0.294 e. The molecular weight excluding hydrogens is 204 g/mol. The molecule has 0 radical (unpaired) electrons. The molecule has 0 atom stereocenters. The van der Waals surface area contributed by atoms with E-state index in [-0.39, 0.29) is 22.5 Å². The Bertz CT molecular complexity index is 782. The molecular formula is C12H12N2O2. The number of amides is 1. The molecule has 1 heterocycles. The minimum absolute atomic E-state index is 0.0547. The summed E-state index contributed by atoms with van der Waals surface area (Å²) in [4.78, 5) is 27.4. The lowest BCUT2D eigenvalue weighted by molar-refractivity contribution is -0.124. The van der Waals surface area contributed by atoms with Crippen LogP contribution in [0.5, 0.6) is 0 Å². The molecule has 0 aliphatic rings. The minimum atomic E-state index is -0.985. The summed E-state index contributed by atoms with van der Waals surface area (Å²) in [6.07, 6.45) is -0.405. The number of carbonyl (C=O) groups is 2. The zero-order valence-corrected chi connectivity index (χ0v) is 8.76. The van der Waals surface area contributed by atoms with Gasteiger partial charge in [-0.05, 0) is 6.04 Å². The molecule has 0 bridgehead atoms. The molecule has 1 N–H and O–H groups in total. The van der Waals surface area contributed by atoms with Crippen molar-refractivity contribution in [2.45, 2.75) is 0 Å². The van der Waals surface area contributed by atoms with Crippen molar-refractivity contribution in [2.75, 3.05) is 14.1 Å². The summed E-state index contributed by atoms with van der Waals surface area (Å²) in [5, 5.41) is -0.133. The number of aromatic amines is 1. The number of benzene rings is 1. The van der Waals surface area contributed by atoms with Crippen LogP contribution in [0.1, 0.15) is 17.2 Å². The highest BCUT2D eigenvalue weighted by Crippen LogP contribution is 2.18. The molecule has 0 unspecified atom stereocenters. The number of aromatic nitrogens is 1. The monoisotopic (exact) mass is 221 g/mol. The normalized spacial score (nSPS) is 14.8. The number of hydrogen-bond acceptors (Lipinski definition) is 2. The van der Waals surface area contributed by atoms with Crippen molar-refractivity contribution in [1.82, 2.24) is 9.88 Å². The van der Waals surface area contributed by atoms with E-state index >= 15 is 0 Å². The molecule has 1 amide bonds. The number of Topliss-reactive ketones (excluding diaryl/α,β-unsaturated/α-hetero) is 1. The second kappa shape index (κ2) is 3.81. The Morgan fingerprint density at radius 2 is 2.00 bits per heavy atom. The van der Waals surface area contributed by atoms with E-state index in [1.165, 1.54) is 14.1 Å². The minimum Gasteiger partial charge on any atom is -0.360 e. The van der Waals surface area contributed by atoms with E-state index in [4.69, 9.17) is 6.85 Å². The zero-order chi connectivity index (χ0) is 16.1. The molecule has 0 saturated carbocycles. The SMILES string of the molecule is [2H]c1[nH]c2c([2H])c([2H])c([2H])c([2H])c2c1C(=O)C(=O)N(C)C. The highest BCUT2D eigenvalue weighted by molar-refractivity contribution is 6.44. The second-order valence-corrected chi connectivity index (χ2v) is 3.40. The fourth-order valence-corrected chi connectivity index (χ4v) is 1.26. The zero-order valence-electron chi connectivity index (χ0n) is 13.8. The third-order valence-corrected chi connectivity index (χ3v) is 2.08. The van der Waals surface area contributed by atoms with E-state index in [1.807, 2.05) is 0 Å². The molecule has 0 fully saturated rings. The molecule has 0 aliphatic carbocycles. The summed E-state index contributed by atoms with van der Waals surface area (Å²) in [5.74, 6) is -1.85. The number of nitrogens with one attached hydrogen (secondary N) is 1. The quantitative estimate of drug-likeness (QED) is 0.616. The molecule has 2 aromatic rings. The molecule has 1 aromatic heterocycles. The van der Waals surface area contributed by atoms with Crippen molar-refractivity contribution in [3.8, 4) is 0 Å². The molecule has 4 heteroatoms. The van der Waals surface area contributed by atoms with E-state index in [1.54, 1.807) is 0 Å². The van der Waals surface area contributed by atoms with Crippen molar-refractivity contribution in [2.24, 2.45) is 0 Å². The predicted molar refractivity (Wildman–Crippen MR) is 61.3 cm³/mol. The van der Waals surface area contributed by atoms with Gasteiger partial charge < -0.3 is 9.88 Å². The Balaban J connectivity index is 2.86. The number of nitrogens with zero attached hydrogens (tertiary/aromatic N) is 1. The first-order valence-corrected chi connectivity index (χ1v) is 4.53. The van der Waals surface area contributed by atoms with Gasteiger partial charge in [-0.2, -0.15) is 0 Å². The smallest absolute Gasteiger partial charge is 0.294 e. The van der Waals surface area contributed by atoms with Crippen LogP contribution in [0.15, 0.2) is 30.3 Å². The fraction of sp³-hybridized carbons (Fsp3) is 0.167. The number of rotatable bonds is 2. The van der Waals surface area contributed by atoms with Crippen LogP contribution >= 0.6 is 0 Å². The van der Waals surface area contributed by atoms with Crippen LogP contribution in [-0.4, -0.2) is 35.7 Å². The first-order chi connectivity index (χ1) is 9.68. The number of carbonyl (C=O) groups excluding carboxylic acids is 2. The summed E-state index contributed by atoms with van der Waals surface area (Å²) in [6, 6.07) is -1.81. The number of ketones is 1. The Morgan fingerprint density at radius 1 is 1.31 bits per heavy atom. The molecule has 0 aliphatic heterocycles. The van der Waals surface area contributed by atoms with Gasteiger partial charge in [-0.1, -0.05) is 18.1 Å². The topological polar surface area (TPSA) is 53.2 Å². The Hall–Kier alpha value is -2.10. The van der Waals surface area contributed by atoms with E-state index in [0.717, 1.165) is 4.90 Å². The summed E-state index contributed by atoms with van der Waals surface area (Å²) in [5.41, 5.74) is -0.392. The van der Waals surface area contributed by atoms with Gasteiger partial charge in [0.25, 0.3) is 11.7 Å². The lowest BCUT2D eigenvalue weighted by atomic mass is 10.1. The highest BCUT2D eigenvalue weighted by atomic mass is 16.2. The lowest BCUT2D eigenvalue weighted by Crippen LogP contribution is -2.29. The van der Waals surface area contributed by atoms with Crippen LogP contribution < -0.4 is 0 Å². The van der Waals surface area contributed by atoms with Gasteiger partial charge in [0, 0.05) is 31.2 Å². The van der Waals surface area contributed by atoms with Crippen LogP contribution in [0.4, 0.5) is 0 Å². The van der Waals surface area contributed by atoms with Crippen LogP contribution in [0.2, 0.25) is 0 Å². The van der Waals surface area contributed by atoms with Crippen molar-refractivity contribution >= 4 is 22.6 Å². The van der Waals surface area contributed by atoms with E-state index in [0.29, 0.717) is 0 Å².